The Morgan fingerprint density at radius 1 is 1.05 bits per heavy atom. The number of benzene rings is 2. The number of nitrogens with zero attached hydrogens (tertiary/aromatic N) is 1. The molecule has 104 valence electrons. The minimum absolute atomic E-state index is 0.139. The number of halogens is 1. The molecule has 0 aliphatic carbocycles. The van der Waals surface area contributed by atoms with Gasteiger partial charge in [-0.15, -0.1) is 0 Å². The molecule has 2 aromatic carbocycles. The fourth-order valence-corrected chi connectivity index (χ4v) is 2.04. The summed E-state index contributed by atoms with van der Waals surface area (Å²) in [5, 5.41) is 0. The molecule has 0 aliphatic heterocycles. The van der Waals surface area contributed by atoms with E-state index in [2.05, 4.69) is 0 Å². The molecule has 2 nitrogen and oxygen atoms in total. The number of carbonyl (C=O) groups is 1. The van der Waals surface area contributed by atoms with Gasteiger partial charge in [-0.05, 0) is 24.6 Å². The van der Waals surface area contributed by atoms with Crippen LogP contribution in [0.4, 0.5) is 4.39 Å². The van der Waals surface area contributed by atoms with Gasteiger partial charge < -0.3 is 4.90 Å². The summed E-state index contributed by atoms with van der Waals surface area (Å²) in [6, 6.07) is 18.2. The van der Waals surface area contributed by atoms with E-state index in [-0.39, 0.29) is 5.91 Å². The first-order valence-electron chi connectivity index (χ1n) is 6.68. The molecule has 0 saturated heterocycles. The lowest BCUT2D eigenvalue weighted by molar-refractivity contribution is 0.0648. The van der Waals surface area contributed by atoms with E-state index in [0.29, 0.717) is 12.1 Å². The van der Waals surface area contributed by atoms with Crippen LogP contribution in [0, 0.1) is 0 Å². The molecule has 1 amide bonds. The van der Waals surface area contributed by atoms with E-state index in [4.69, 9.17) is 0 Å². The molecular formula is C17H18FNO. The van der Waals surface area contributed by atoms with Crippen LogP contribution in [-0.2, 0) is 6.54 Å². The predicted octanol–water partition coefficient (Wildman–Crippen LogP) is 3.69. The molecule has 0 fully saturated rings. The van der Waals surface area contributed by atoms with E-state index in [0.717, 1.165) is 5.56 Å². The fraction of sp³-hybridized carbons (Fsp3) is 0.235. The monoisotopic (exact) mass is 271 g/mol. The fourth-order valence-electron chi connectivity index (χ4n) is 2.04. The molecule has 0 bridgehead atoms. The summed E-state index contributed by atoms with van der Waals surface area (Å²) in [6.07, 6.45) is 0. The standard InChI is InChI=1S/C17H18FNO/c1-14(12-18)19(13-15-8-4-2-5-9-15)17(20)16-10-6-3-7-11-16/h2-11,14H,12-13H2,1H3/t14-/m1/s1. The second-order valence-electron chi connectivity index (χ2n) is 4.79. The largest absolute Gasteiger partial charge is 0.329 e. The topological polar surface area (TPSA) is 20.3 Å². The van der Waals surface area contributed by atoms with Gasteiger partial charge in [0.25, 0.3) is 5.91 Å². The second kappa shape index (κ2) is 6.85. The first-order valence-corrected chi connectivity index (χ1v) is 6.68. The molecule has 0 aromatic heterocycles. The summed E-state index contributed by atoms with van der Waals surface area (Å²) < 4.78 is 13.0. The van der Waals surface area contributed by atoms with Crippen molar-refractivity contribution in [2.45, 2.75) is 19.5 Å². The van der Waals surface area contributed by atoms with Gasteiger partial charge in [-0.25, -0.2) is 4.39 Å². The Kier molecular flexibility index (Phi) is 4.88. The van der Waals surface area contributed by atoms with Crippen LogP contribution in [0.15, 0.2) is 60.7 Å². The number of hydrogen-bond acceptors (Lipinski definition) is 1. The molecule has 2 rings (SSSR count). The second-order valence-corrected chi connectivity index (χ2v) is 4.79. The van der Waals surface area contributed by atoms with Gasteiger partial charge in [0.05, 0.1) is 6.04 Å². The lowest BCUT2D eigenvalue weighted by Crippen LogP contribution is -2.39. The minimum atomic E-state index is -0.550. The van der Waals surface area contributed by atoms with Crippen molar-refractivity contribution >= 4 is 5.91 Å². The smallest absolute Gasteiger partial charge is 0.254 e. The summed E-state index contributed by atoms with van der Waals surface area (Å²) in [5.41, 5.74) is 1.58. The maximum absolute atomic E-state index is 13.0. The van der Waals surface area contributed by atoms with Crippen molar-refractivity contribution in [2.24, 2.45) is 0 Å². The lowest BCUT2D eigenvalue weighted by atomic mass is 10.1. The molecule has 1 atom stereocenters. The molecule has 20 heavy (non-hydrogen) atoms. The van der Waals surface area contributed by atoms with E-state index >= 15 is 0 Å². The number of alkyl halides is 1. The normalized spacial score (nSPS) is 11.9. The van der Waals surface area contributed by atoms with Gasteiger partial charge in [-0.3, -0.25) is 4.79 Å². The lowest BCUT2D eigenvalue weighted by Gasteiger charge is -2.27. The highest BCUT2D eigenvalue weighted by atomic mass is 19.1. The SMILES string of the molecule is C[C@H](CF)N(Cc1ccccc1)C(=O)c1ccccc1. The van der Waals surface area contributed by atoms with Crippen LogP contribution >= 0.6 is 0 Å². The van der Waals surface area contributed by atoms with E-state index < -0.39 is 12.7 Å². The molecule has 3 heteroatoms. The molecule has 0 heterocycles. The highest BCUT2D eigenvalue weighted by Crippen LogP contribution is 2.13. The Balaban J connectivity index is 2.22. The summed E-state index contributed by atoms with van der Waals surface area (Å²) in [5.74, 6) is -0.139. The van der Waals surface area contributed by atoms with Crippen molar-refractivity contribution in [1.82, 2.24) is 4.90 Å². The van der Waals surface area contributed by atoms with Gasteiger partial charge in [-0.2, -0.15) is 0 Å². The van der Waals surface area contributed by atoms with Crippen molar-refractivity contribution < 1.29 is 9.18 Å². The van der Waals surface area contributed by atoms with Gasteiger partial charge in [0.2, 0.25) is 0 Å². The van der Waals surface area contributed by atoms with E-state index in [1.54, 1.807) is 24.0 Å². The molecule has 0 unspecified atom stereocenters. The average molecular weight is 271 g/mol. The molecule has 2 aromatic rings. The van der Waals surface area contributed by atoms with Crippen LogP contribution in [0.25, 0.3) is 0 Å². The quantitative estimate of drug-likeness (QED) is 0.812. The first-order chi connectivity index (χ1) is 9.72. The summed E-state index contributed by atoms with van der Waals surface area (Å²) in [7, 11) is 0. The zero-order chi connectivity index (χ0) is 14.4. The van der Waals surface area contributed by atoms with Crippen LogP contribution in [0.3, 0.4) is 0 Å². The highest BCUT2D eigenvalue weighted by Gasteiger charge is 2.21. The maximum Gasteiger partial charge on any atom is 0.254 e. The number of rotatable bonds is 5. The third kappa shape index (κ3) is 3.44. The molecule has 0 radical (unpaired) electrons. The van der Waals surface area contributed by atoms with Crippen LogP contribution in [0.1, 0.15) is 22.8 Å². The average Bonchev–Trinajstić information content (AvgIpc) is 2.53. The van der Waals surface area contributed by atoms with Gasteiger partial charge in [0.1, 0.15) is 6.67 Å². The molecule has 0 saturated carbocycles. The summed E-state index contributed by atoms with van der Waals surface area (Å²) in [6.45, 7) is 1.59. The van der Waals surface area contributed by atoms with Gasteiger partial charge >= 0.3 is 0 Å². The molecule has 0 N–H and O–H groups in total. The molecule has 0 aliphatic rings. The first kappa shape index (κ1) is 14.3. The van der Waals surface area contributed by atoms with Gasteiger partial charge in [0, 0.05) is 12.1 Å². The Bertz CT molecular complexity index is 541. The Morgan fingerprint density at radius 3 is 2.15 bits per heavy atom. The van der Waals surface area contributed by atoms with Crippen molar-refractivity contribution in [1.29, 1.82) is 0 Å². The van der Waals surface area contributed by atoms with Crippen LogP contribution < -0.4 is 0 Å². The van der Waals surface area contributed by atoms with Crippen LogP contribution in [0.5, 0.6) is 0 Å². The van der Waals surface area contributed by atoms with Crippen molar-refractivity contribution in [2.75, 3.05) is 6.67 Å². The highest BCUT2D eigenvalue weighted by molar-refractivity contribution is 5.94. The Hall–Kier alpha value is -2.16. The van der Waals surface area contributed by atoms with Crippen molar-refractivity contribution in [3.8, 4) is 0 Å². The summed E-state index contributed by atoms with van der Waals surface area (Å²) in [4.78, 5) is 14.1. The van der Waals surface area contributed by atoms with Crippen molar-refractivity contribution in [3.05, 3.63) is 71.8 Å². The van der Waals surface area contributed by atoms with Gasteiger partial charge in [-0.1, -0.05) is 48.5 Å². The Morgan fingerprint density at radius 2 is 1.60 bits per heavy atom. The number of carbonyl (C=O) groups excluding carboxylic acids is 1. The maximum atomic E-state index is 13.0. The molecular weight excluding hydrogens is 253 g/mol. The van der Waals surface area contributed by atoms with Crippen molar-refractivity contribution in [3.63, 3.8) is 0 Å². The van der Waals surface area contributed by atoms with Crippen LogP contribution in [-0.4, -0.2) is 23.5 Å². The van der Waals surface area contributed by atoms with Crippen LogP contribution in [0.2, 0.25) is 0 Å². The zero-order valence-electron chi connectivity index (χ0n) is 11.5. The van der Waals surface area contributed by atoms with E-state index in [1.807, 2.05) is 48.5 Å². The number of hydrogen-bond donors (Lipinski definition) is 0. The predicted molar refractivity (Wildman–Crippen MR) is 78.2 cm³/mol. The third-order valence-electron chi connectivity index (χ3n) is 3.23. The van der Waals surface area contributed by atoms with E-state index in [1.165, 1.54) is 0 Å². The van der Waals surface area contributed by atoms with Gasteiger partial charge in [0.15, 0.2) is 0 Å². The summed E-state index contributed by atoms with van der Waals surface area (Å²) >= 11 is 0. The number of amides is 1. The van der Waals surface area contributed by atoms with E-state index in [9.17, 15) is 9.18 Å². The molecule has 0 spiro atoms. The zero-order valence-corrected chi connectivity index (χ0v) is 11.5. The Labute approximate surface area is 118 Å². The third-order valence-corrected chi connectivity index (χ3v) is 3.23. The minimum Gasteiger partial charge on any atom is -0.329 e.